The largest absolute Gasteiger partial charge is 0.394 e. The van der Waals surface area contributed by atoms with E-state index >= 15 is 0 Å². The van der Waals surface area contributed by atoms with E-state index < -0.39 is 17.4 Å². The van der Waals surface area contributed by atoms with Gasteiger partial charge in [-0.05, 0) is 54.2 Å². The first kappa shape index (κ1) is 26.4. The van der Waals surface area contributed by atoms with Crippen molar-refractivity contribution < 1.29 is 15.0 Å². The van der Waals surface area contributed by atoms with E-state index in [9.17, 15) is 15.0 Å². The minimum Gasteiger partial charge on any atom is -0.394 e. The highest BCUT2D eigenvalue weighted by Gasteiger charge is 2.39. The van der Waals surface area contributed by atoms with Crippen LogP contribution in [0.1, 0.15) is 56.8 Å². The highest BCUT2D eigenvalue weighted by Crippen LogP contribution is 2.43. The van der Waals surface area contributed by atoms with Crippen molar-refractivity contribution in [2.45, 2.75) is 51.7 Å². The molecule has 0 aliphatic heterocycles. The Labute approximate surface area is 201 Å². The Morgan fingerprint density at radius 2 is 1.78 bits per heavy atom. The van der Waals surface area contributed by atoms with Crippen LogP contribution >= 0.6 is 23.2 Å². The number of hydrogen-bond donors (Lipinski definition) is 3. The zero-order chi connectivity index (χ0) is 23.9. The van der Waals surface area contributed by atoms with E-state index in [4.69, 9.17) is 23.2 Å². The molecule has 32 heavy (non-hydrogen) atoms. The molecule has 0 radical (unpaired) electrons. The van der Waals surface area contributed by atoms with Crippen LogP contribution in [0.5, 0.6) is 0 Å². The van der Waals surface area contributed by atoms with Crippen molar-refractivity contribution in [1.29, 1.82) is 0 Å². The molecular weight excluding hydrogens is 445 g/mol. The lowest BCUT2D eigenvalue weighted by Gasteiger charge is -2.35. The summed E-state index contributed by atoms with van der Waals surface area (Å²) in [5, 5.41) is 25.2. The molecular formula is C26H33Cl2NO3. The Hall–Kier alpha value is -1.85. The fourth-order valence-corrected chi connectivity index (χ4v) is 4.20. The molecule has 2 aromatic rings. The second-order valence-corrected chi connectivity index (χ2v) is 9.79. The molecule has 2 aromatic carbocycles. The predicted molar refractivity (Wildman–Crippen MR) is 132 cm³/mol. The fourth-order valence-electron chi connectivity index (χ4n) is 3.88. The highest BCUT2D eigenvalue weighted by atomic mass is 35.5. The fraction of sp³-hybridized carbons (Fsp3) is 0.423. The number of hydrogen-bond acceptors (Lipinski definition) is 3. The van der Waals surface area contributed by atoms with Gasteiger partial charge in [-0.25, -0.2) is 0 Å². The summed E-state index contributed by atoms with van der Waals surface area (Å²) in [4.78, 5) is 13.4. The highest BCUT2D eigenvalue weighted by molar-refractivity contribution is 6.30. The molecule has 0 aliphatic carbocycles. The van der Waals surface area contributed by atoms with Gasteiger partial charge in [-0.15, -0.1) is 6.58 Å². The molecule has 0 unspecified atom stereocenters. The van der Waals surface area contributed by atoms with E-state index in [0.29, 0.717) is 28.5 Å². The smallest absolute Gasteiger partial charge is 0.226 e. The van der Waals surface area contributed by atoms with Crippen molar-refractivity contribution in [3.8, 4) is 0 Å². The molecule has 0 bridgehead atoms. The van der Waals surface area contributed by atoms with E-state index in [1.54, 1.807) is 36.4 Å². The SMILES string of the molecule is C=CC[C@@](C)(C[C@@H](c1cccc(Cl)c1)[C@@H](O)c1ccc(Cl)cc1)C(=O)N[C@H](CO)C(C)C. The Balaban J connectivity index is 2.44. The van der Waals surface area contributed by atoms with Gasteiger partial charge in [0.15, 0.2) is 0 Å². The molecule has 174 valence electrons. The summed E-state index contributed by atoms with van der Waals surface area (Å²) in [6.45, 7) is 9.47. The second kappa shape index (κ2) is 11.9. The zero-order valence-corrected chi connectivity index (χ0v) is 20.4. The quantitative estimate of drug-likeness (QED) is 0.352. The molecule has 0 heterocycles. The van der Waals surface area contributed by atoms with Crippen molar-refractivity contribution in [2.24, 2.45) is 11.3 Å². The Kier molecular flexibility index (Phi) is 9.78. The standard InChI is InChI=1S/C26H33Cl2NO3/c1-5-13-26(4,25(32)29-23(16-30)17(2)3)15-22(19-7-6-8-21(28)14-19)24(31)18-9-11-20(27)12-10-18/h5-12,14,17,22-24,30-31H,1,13,15-16H2,2-4H3,(H,29,32)/t22-,23+,24-,26-/m0/s1. The van der Waals surface area contributed by atoms with Crippen molar-refractivity contribution in [1.82, 2.24) is 5.32 Å². The Morgan fingerprint density at radius 3 is 2.31 bits per heavy atom. The van der Waals surface area contributed by atoms with Gasteiger partial charge in [0.25, 0.3) is 0 Å². The first-order valence-electron chi connectivity index (χ1n) is 10.8. The van der Waals surface area contributed by atoms with Gasteiger partial charge in [-0.3, -0.25) is 4.79 Å². The molecule has 0 fully saturated rings. The van der Waals surface area contributed by atoms with Crippen LogP contribution in [0, 0.1) is 11.3 Å². The van der Waals surface area contributed by atoms with Crippen LogP contribution in [-0.2, 0) is 4.79 Å². The number of benzene rings is 2. The lowest BCUT2D eigenvalue weighted by atomic mass is 9.72. The van der Waals surface area contributed by atoms with Crippen LogP contribution < -0.4 is 5.32 Å². The van der Waals surface area contributed by atoms with Gasteiger partial charge in [0, 0.05) is 16.0 Å². The number of carbonyl (C=O) groups excluding carboxylic acids is 1. The third-order valence-corrected chi connectivity index (χ3v) is 6.49. The van der Waals surface area contributed by atoms with E-state index in [1.807, 2.05) is 39.0 Å². The first-order chi connectivity index (χ1) is 15.1. The zero-order valence-electron chi connectivity index (χ0n) is 18.9. The van der Waals surface area contributed by atoms with Crippen molar-refractivity contribution in [3.05, 3.63) is 82.4 Å². The van der Waals surface area contributed by atoms with Gasteiger partial charge in [-0.1, -0.05) is 74.3 Å². The van der Waals surface area contributed by atoms with Crippen LogP contribution in [0.4, 0.5) is 0 Å². The number of aliphatic hydroxyl groups excluding tert-OH is 2. The average molecular weight is 478 g/mol. The second-order valence-electron chi connectivity index (χ2n) is 8.92. The molecule has 3 N–H and O–H groups in total. The maximum Gasteiger partial charge on any atom is 0.226 e. The third-order valence-electron chi connectivity index (χ3n) is 6.00. The Bertz CT molecular complexity index is 900. The molecule has 2 rings (SSSR count). The van der Waals surface area contributed by atoms with E-state index in [0.717, 1.165) is 5.56 Å². The van der Waals surface area contributed by atoms with Gasteiger partial charge in [-0.2, -0.15) is 0 Å². The van der Waals surface area contributed by atoms with Crippen LogP contribution in [0.3, 0.4) is 0 Å². The van der Waals surface area contributed by atoms with E-state index in [2.05, 4.69) is 11.9 Å². The minimum atomic E-state index is -0.874. The summed E-state index contributed by atoms with van der Waals surface area (Å²) < 4.78 is 0. The van der Waals surface area contributed by atoms with Crippen LogP contribution in [-0.4, -0.2) is 28.8 Å². The maximum absolute atomic E-state index is 13.4. The topological polar surface area (TPSA) is 69.6 Å². The molecule has 0 saturated heterocycles. The number of carbonyl (C=O) groups is 1. The number of allylic oxidation sites excluding steroid dienone is 1. The van der Waals surface area contributed by atoms with E-state index in [-0.39, 0.29) is 24.5 Å². The van der Waals surface area contributed by atoms with Gasteiger partial charge >= 0.3 is 0 Å². The average Bonchev–Trinajstić information content (AvgIpc) is 2.75. The van der Waals surface area contributed by atoms with Gasteiger partial charge in [0.2, 0.25) is 5.91 Å². The molecule has 0 spiro atoms. The molecule has 4 nitrogen and oxygen atoms in total. The van der Waals surface area contributed by atoms with E-state index in [1.165, 1.54) is 0 Å². The minimum absolute atomic E-state index is 0.0836. The number of rotatable bonds is 11. The van der Waals surface area contributed by atoms with Crippen LogP contribution in [0.2, 0.25) is 10.0 Å². The van der Waals surface area contributed by atoms with Crippen molar-refractivity contribution in [2.75, 3.05) is 6.61 Å². The number of halogens is 2. The van der Waals surface area contributed by atoms with Gasteiger partial charge in [0.05, 0.1) is 24.2 Å². The molecule has 6 heteroatoms. The summed E-state index contributed by atoms with van der Waals surface area (Å²) in [6.07, 6.45) is 1.61. The summed E-state index contributed by atoms with van der Waals surface area (Å²) in [6, 6.07) is 14.0. The van der Waals surface area contributed by atoms with Crippen LogP contribution in [0.25, 0.3) is 0 Å². The normalized spacial score (nSPS) is 16.1. The molecule has 1 amide bonds. The van der Waals surface area contributed by atoms with Crippen LogP contribution in [0.15, 0.2) is 61.2 Å². The number of amides is 1. The molecule has 0 saturated carbocycles. The van der Waals surface area contributed by atoms with Crippen molar-refractivity contribution in [3.63, 3.8) is 0 Å². The summed E-state index contributed by atoms with van der Waals surface area (Å²) in [7, 11) is 0. The molecule has 4 atom stereocenters. The van der Waals surface area contributed by atoms with Gasteiger partial charge < -0.3 is 15.5 Å². The summed E-state index contributed by atoms with van der Waals surface area (Å²) in [5.41, 5.74) is 0.687. The molecule has 0 aromatic heterocycles. The first-order valence-corrected chi connectivity index (χ1v) is 11.6. The van der Waals surface area contributed by atoms with Crippen molar-refractivity contribution >= 4 is 29.1 Å². The third kappa shape index (κ3) is 6.82. The predicted octanol–water partition coefficient (Wildman–Crippen LogP) is 5.92. The lowest BCUT2D eigenvalue weighted by Crippen LogP contribution is -2.48. The lowest BCUT2D eigenvalue weighted by molar-refractivity contribution is -0.132. The van der Waals surface area contributed by atoms with Gasteiger partial charge in [0.1, 0.15) is 0 Å². The number of aliphatic hydroxyl groups is 2. The summed E-state index contributed by atoms with van der Waals surface area (Å²) >= 11 is 12.3. The number of nitrogens with one attached hydrogen (secondary N) is 1. The monoisotopic (exact) mass is 477 g/mol. The summed E-state index contributed by atoms with van der Waals surface area (Å²) in [5.74, 6) is -0.502. The molecule has 0 aliphatic rings. The Morgan fingerprint density at radius 1 is 1.12 bits per heavy atom. The maximum atomic E-state index is 13.4.